The summed E-state index contributed by atoms with van der Waals surface area (Å²) in [5.74, 6) is -0.508. The molecule has 1 aliphatic rings. The normalized spacial score (nSPS) is 19.5. The van der Waals surface area contributed by atoms with Gasteiger partial charge < -0.3 is 10.2 Å². The van der Waals surface area contributed by atoms with Crippen molar-refractivity contribution in [3.05, 3.63) is 34.1 Å². The summed E-state index contributed by atoms with van der Waals surface area (Å²) in [5.41, 5.74) is 0.475. The van der Waals surface area contributed by atoms with Crippen LogP contribution in [0, 0.1) is 5.82 Å². The highest BCUT2D eigenvalue weighted by Gasteiger charge is 2.17. The molecule has 1 heterocycles. The number of benzene rings is 1. The van der Waals surface area contributed by atoms with Crippen molar-refractivity contribution in [3.8, 4) is 0 Å². The Kier molecular flexibility index (Phi) is 6.18. The number of nitrogens with one attached hydrogen (secondary N) is 1. The van der Waals surface area contributed by atoms with E-state index in [1.807, 2.05) is 0 Å². The molecule has 1 aliphatic heterocycles. The summed E-state index contributed by atoms with van der Waals surface area (Å²) in [6.45, 7) is 5.10. The van der Waals surface area contributed by atoms with Gasteiger partial charge in [0.05, 0.1) is 5.56 Å². The molecule has 1 saturated heterocycles. The Morgan fingerprint density at radius 3 is 3.00 bits per heavy atom. The van der Waals surface area contributed by atoms with Gasteiger partial charge in [0.1, 0.15) is 5.82 Å². The van der Waals surface area contributed by atoms with Crippen LogP contribution in [-0.4, -0.2) is 36.5 Å². The molecule has 0 unspecified atom stereocenters. The second-order valence-electron chi connectivity index (χ2n) is 5.61. The average molecular weight is 357 g/mol. The van der Waals surface area contributed by atoms with Gasteiger partial charge in [-0.3, -0.25) is 4.79 Å². The highest BCUT2D eigenvalue weighted by atomic mass is 79.9. The highest BCUT2D eigenvalue weighted by molar-refractivity contribution is 9.10. The largest absolute Gasteiger partial charge is 0.352 e. The minimum Gasteiger partial charge on any atom is -0.352 e. The van der Waals surface area contributed by atoms with Crippen LogP contribution in [0.25, 0.3) is 0 Å². The lowest BCUT2D eigenvalue weighted by Crippen LogP contribution is -2.39. The molecule has 21 heavy (non-hydrogen) atoms. The molecule has 1 aromatic carbocycles. The van der Waals surface area contributed by atoms with Crippen LogP contribution < -0.4 is 5.32 Å². The van der Waals surface area contributed by atoms with E-state index in [0.29, 0.717) is 22.6 Å². The van der Waals surface area contributed by atoms with E-state index in [2.05, 4.69) is 33.1 Å². The number of hydrogen-bond donors (Lipinski definition) is 1. The molecule has 1 atom stereocenters. The number of carbonyl (C=O) groups excluding carboxylic acids is 1. The Hall–Kier alpha value is -0.940. The predicted molar refractivity (Wildman–Crippen MR) is 85.9 cm³/mol. The molecular weight excluding hydrogens is 335 g/mol. The fraction of sp³-hybridized carbons (Fsp3) is 0.562. The number of piperidine rings is 1. The SMILES string of the molecule is C[C@H]1CCCCN1CCCNC(=O)c1ccc(F)cc1Br. The van der Waals surface area contributed by atoms with Crippen LogP contribution in [0.5, 0.6) is 0 Å². The van der Waals surface area contributed by atoms with Crippen molar-refractivity contribution in [1.29, 1.82) is 0 Å². The molecule has 0 saturated carbocycles. The lowest BCUT2D eigenvalue weighted by Gasteiger charge is -2.33. The van der Waals surface area contributed by atoms with Gasteiger partial charge in [0.25, 0.3) is 5.91 Å². The third-order valence-corrected chi connectivity index (χ3v) is 4.68. The van der Waals surface area contributed by atoms with Gasteiger partial charge in [0, 0.05) is 23.6 Å². The first kappa shape index (κ1) is 16.4. The van der Waals surface area contributed by atoms with E-state index in [4.69, 9.17) is 0 Å². The zero-order chi connectivity index (χ0) is 15.2. The summed E-state index contributed by atoms with van der Waals surface area (Å²) in [4.78, 5) is 14.5. The molecular formula is C16H22BrFN2O. The van der Waals surface area contributed by atoms with Crippen molar-refractivity contribution < 1.29 is 9.18 Å². The monoisotopic (exact) mass is 356 g/mol. The smallest absolute Gasteiger partial charge is 0.252 e. The molecule has 1 fully saturated rings. The second-order valence-corrected chi connectivity index (χ2v) is 6.47. The fourth-order valence-corrected chi connectivity index (χ4v) is 3.27. The van der Waals surface area contributed by atoms with E-state index >= 15 is 0 Å². The van der Waals surface area contributed by atoms with Crippen LogP contribution in [0.1, 0.15) is 43.0 Å². The molecule has 1 aromatic rings. The van der Waals surface area contributed by atoms with Crippen LogP contribution in [0.2, 0.25) is 0 Å². The average Bonchev–Trinajstić information content (AvgIpc) is 2.45. The molecule has 1 amide bonds. The number of rotatable bonds is 5. The van der Waals surface area contributed by atoms with Gasteiger partial charge in [-0.05, 0) is 66.9 Å². The lowest BCUT2D eigenvalue weighted by molar-refractivity contribution is 0.0948. The van der Waals surface area contributed by atoms with E-state index in [0.717, 1.165) is 13.0 Å². The Bertz CT molecular complexity index is 495. The van der Waals surface area contributed by atoms with Crippen molar-refractivity contribution >= 4 is 21.8 Å². The molecule has 0 radical (unpaired) electrons. The fourth-order valence-electron chi connectivity index (χ4n) is 2.74. The van der Waals surface area contributed by atoms with Gasteiger partial charge in [0.2, 0.25) is 0 Å². The van der Waals surface area contributed by atoms with Crippen molar-refractivity contribution in [3.63, 3.8) is 0 Å². The number of nitrogens with zero attached hydrogens (tertiary/aromatic N) is 1. The molecule has 116 valence electrons. The minimum absolute atomic E-state index is 0.159. The zero-order valence-corrected chi connectivity index (χ0v) is 14.0. The third kappa shape index (κ3) is 4.78. The van der Waals surface area contributed by atoms with Crippen LogP contribution in [0.15, 0.2) is 22.7 Å². The van der Waals surface area contributed by atoms with E-state index in [9.17, 15) is 9.18 Å². The van der Waals surface area contributed by atoms with E-state index < -0.39 is 0 Å². The quantitative estimate of drug-likeness (QED) is 0.817. The van der Waals surface area contributed by atoms with Gasteiger partial charge >= 0.3 is 0 Å². The summed E-state index contributed by atoms with van der Waals surface area (Å²) in [5, 5.41) is 2.90. The van der Waals surface area contributed by atoms with Gasteiger partial charge in [-0.1, -0.05) is 6.42 Å². The number of halogens is 2. The van der Waals surface area contributed by atoms with E-state index in [1.54, 1.807) is 0 Å². The Morgan fingerprint density at radius 1 is 1.48 bits per heavy atom. The lowest BCUT2D eigenvalue weighted by atomic mass is 10.0. The summed E-state index contributed by atoms with van der Waals surface area (Å²) in [6.07, 6.45) is 4.82. The molecule has 0 aromatic heterocycles. The maximum atomic E-state index is 13.0. The van der Waals surface area contributed by atoms with Crippen molar-refractivity contribution in [1.82, 2.24) is 10.2 Å². The van der Waals surface area contributed by atoms with Crippen molar-refractivity contribution in [2.45, 2.75) is 38.6 Å². The maximum Gasteiger partial charge on any atom is 0.252 e. The molecule has 3 nitrogen and oxygen atoms in total. The third-order valence-electron chi connectivity index (χ3n) is 4.02. The summed E-state index contributed by atoms with van der Waals surface area (Å²) in [6, 6.07) is 4.77. The first-order valence-corrected chi connectivity index (χ1v) is 8.34. The predicted octanol–water partition coefficient (Wildman–Crippen LogP) is 3.58. The molecule has 0 spiro atoms. The molecule has 5 heteroatoms. The van der Waals surface area contributed by atoms with Gasteiger partial charge in [0.15, 0.2) is 0 Å². The number of hydrogen-bond acceptors (Lipinski definition) is 2. The van der Waals surface area contributed by atoms with Gasteiger partial charge in [-0.25, -0.2) is 4.39 Å². The van der Waals surface area contributed by atoms with Crippen LogP contribution >= 0.6 is 15.9 Å². The standard InChI is InChI=1S/C16H22BrFN2O/c1-12-5-2-3-9-20(12)10-4-8-19-16(21)14-7-6-13(18)11-15(14)17/h6-7,11-12H,2-5,8-10H2,1H3,(H,19,21)/t12-/m0/s1. The van der Waals surface area contributed by atoms with E-state index in [-0.39, 0.29) is 11.7 Å². The second kappa shape index (κ2) is 7.90. The Morgan fingerprint density at radius 2 is 2.29 bits per heavy atom. The van der Waals surface area contributed by atoms with Crippen molar-refractivity contribution in [2.75, 3.05) is 19.6 Å². The Balaban J connectivity index is 1.74. The van der Waals surface area contributed by atoms with Gasteiger partial charge in [-0.2, -0.15) is 0 Å². The number of amides is 1. The summed E-state index contributed by atoms with van der Waals surface area (Å²) >= 11 is 3.22. The number of likely N-dealkylation sites (tertiary alicyclic amines) is 1. The van der Waals surface area contributed by atoms with Gasteiger partial charge in [-0.15, -0.1) is 0 Å². The number of carbonyl (C=O) groups is 1. The molecule has 2 rings (SSSR count). The van der Waals surface area contributed by atoms with Crippen LogP contribution in [-0.2, 0) is 0 Å². The maximum absolute atomic E-state index is 13.0. The molecule has 1 N–H and O–H groups in total. The van der Waals surface area contributed by atoms with E-state index in [1.165, 1.54) is 44.0 Å². The van der Waals surface area contributed by atoms with Crippen LogP contribution in [0.3, 0.4) is 0 Å². The first-order valence-electron chi connectivity index (χ1n) is 7.55. The zero-order valence-electron chi connectivity index (χ0n) is 12.4. The molecule has 0 aliphatic carbocycles. The van der Waals surface area contributed by atoms with Crippen LogP contribution in [0.4, 0.5) is 4.39 Å². The first-order chi connectivity index (χ1) is 10.1. The summed E-state index contributed by atoms with van der Waals surface area (Å²) < 4.78 is 13.5. The topological polar surface area (TPSA) is 32.3 Å². The minimum atomic E-state index is -0.350. The Labute approximate surface area is 134 Å². The molecule has 0 bridgehead atoms. The van der Waals surface area contributed by atoms with Crippen molar-refractivity contribution in [2.24, 2.45) is 0 Å². The highest BCUT2D eigenvalue weighted by Crippen LogP contribution is 2.18. The summed E-state index contributed by atoms with van der Waals surface area (Å²) in [7, 11) is 0.